The maximum Gasteiger partial charge on any atom is 0.407 e. The molecule has 3 atom stereocenters. The number of amides is 2. The third-order valence-corrected chi connectivity index (χ3v) is 6.75. The minimum absolute atomic E-state index is 0.110. The van der Waals surface area contributed by atoms with Crippen LogP contribution in [0.1, 0.15) is 42.9 Å². The first-order valence-corrected chi connectivity index (χ1v) is 12.7. The van der Waals surface area contributed by atoms with E-state index in [1.54, 1.807) is 13.8 Å². The predicted molar refractivity (Wildman–Crippen MR) is 143 cm³/mol. The van der Waals surface area contributed by atoms with Crippen molar-refractivity contribution in [3.05, 3.63) is 95.6 Å². The molecule has 1 aliphatic rings. The lowest BCUT2D eigenvalue weighted by Gasteiger charge is -2.25. The zero-order chi connectivity index (χ0) is 27.1. The van der Waals surface area contributed by atoms with Gasteiger partial charge in [-0.3, -0.25) is 4.79 Å². The van der Waals surface area contributed by atoms with Crippen molar-refractivity contribution < 1.29 is 29.0 Å². The monoisotopic (exact) mass is 516 g/mol. The van der Waals surface area contributed by atoms with Gasteiger partial charge in [-0.1, -0.05) is 85.8 Å². The number of hydrogen-bond acceptors (Lipinski definition) is 5. The Kier molecular flexibility index (Phi) is 8.76. The molecule has 3 aromatic carbocycles. The molecule has 3 N–H and O–H groups in total. The highest BCUT2D eigenvalue weighted by molar-refractivity contribution is 5.89. The highest BCUT2D eigenvalue weighted by atomic mass is 16.5. The molecule has 198 valence electrons. The third kappa shape index (κ3) is 6.20. The van der Waals surface area contributed by atoms with E-state index in [0.717, 1.165) is 27.8 Å². The average Bonchev–Trinajstić information content (AvgIpc) is 3.26. The second-order valence-corrected chi connectivity index (χ2v) is 9.26. The van der Waals surface area contributed by atoms with E-state index in [4.69, 9.17) is 9.47 Å². The van der Waals surface area contributed by atoms with Gasteiger partial charge in [-0.15, -0.1) is 0 Å². The fraction of sp³-hybridized carbons (Fsp3) is 0.300. The Morgan fingerprint density at radius 3 is 2.03 bits per heavy atom. The summed E-state index contributed by atoms with van der Waals surface area (Å²) in [4.78, 5) is 37.4. The van der Waals surface area contributed by atoms with Crippen LogP contribution >= 0.6 is 0 Å². The number of carbonyl (C=O) groups is 3. The van der Waals surface area contributed by atoms with Gasteiger partial charge in [-0.25, -0.2) is 9.59 Å². The van der Waals surface area contributed by atoms with Crippen LogP contribution in [0.2, 0.25) is 0 Å². The maximum absolute atomic E-state index is 12.9. The minimum atomic E-state index is -1.29. The number of nitrogens with one attached hydrogen (secondary N) is 2. The molecule has 8 nitrogen and oxygen atoms in total. The summed E-state index contributed by atoms with van der Waals surface area (Å²) in [7, 11) is 0. The number of hydrogen-bond donors (Lipinski definition) is 3. The second kappa shape index (κ2) is 12.4. The Labute approximate surface area is 222 Å². The highest BCUT2D eigenvalue weighted by Crippen LogP contribution is 2.44. The first kappa shape index (κ1) is 26.9. The van der Waals surface area contributed by atoms with Crippen LogP contribution in [0.4, 0.5) is 4.79 Å². The molecule has 0 bridgehead atoms. The molecular weight excluding hydrogens is 484 g/mol. The fourth-order valence-corrected chi connectivity index (χ4v) is 4.67. The van der Waals surface area contributed by atoms with Gasteiger partial charge in [0, 0.05) is 5.92 Å². The quantitative estimate of drug-likeness (QED) is 0.346. The van der Waals surface area contributed by atoms with E-state index in [0.29, 0.717) is 0 Å². The van der Waals surface area contributed by atoms with Crippen molar-refractivity contribution in [1.82, 2.24) is 10.6 Å². The van der Waals surface area contributed by atoms with Gasteiger partial charge in [0.05, 0.1) is 12.7 Å². The zero-order valence-corrected chi connectivity index (χ0v) is 21.4. The van der Waals surface area contributed by atoms with Crippen molar-refractivity contribution in [3.8, 4) is 11.1 Å². The summed E-state index contributed by atoms with van der Waals surface area (Å²) in [5.41, 5.74) is 5.29. The summed E-state index contributed by atoms with van der Waals surface area (Å²) in [6.45, 7) is 3.62. The third-order valence-electron chi connectivity index (χ3n) is 6.75. The van der Waals surface area contributed by atoms with Gasteiger partial charge in [0.15, 0.2) is 6.04 Å². The molecule has 0 spiro atoms. The highest BCUT2D eigenvalue weighted by Gasteiger charge is 2.32. The van der Waals surface area contributed by atoms with Gasteiger partial charge in [-0.2, -0.15) is 0 Å². The van der Waals surface area contributed by atoms with Crippen molar-refractivity contribution in [3.63, 3.8) is 0 Å². The Balaban J connectivity index is 1.33. The largest absolute Gasteiger partial charge is 0.480 e. The van der Waals surface area contributed by atoms with E-state index in [-0.39, 0.29) is 25.6 Å². The van der Waals surface area contributed by atoms with Crippen molar-refractivity contribution in [2.24, 2.45) is 0 Å². The van der Waals surface area contributed by atoms with Crippen LogP contribution in [0.15, 0.2) is 78.9 Å². The Hall–Kier alpha value is -4.17. The normalized spacial score (nSPS) is 14.5. The Morgan fingerprint density at radius 1 is 0.868 bits per heavy atom. The lowest BCUT2D eigenvalue weighted by atomic mass is 9.98. The summed E-state index contributed by atoms with van der Waals surface area (Å²) in [6.07, 6.45) is -1.29. The number of carboxylic acids is 1. The Bertz CT molecular complexity index is 1230. The number of ether oxygens (including phenoxy) is 2. The first-order valence-electron chi connectivity index (χ1n) is 12.7. The van der Waals surface area contributed by atoms with Gasteiger partial charge in [0.1, 0.15) is 12.6 Å². The van der Waals surface area contributed by atoms with Crippen LogP contribution in [0, 0.1) is 0 Å². The fourth-order valence-electron chi connectivity index (χ4n) is 4.67. The standard InChI is InChI=1S/C30H32N2O6/c1-3-26(28(33)32-27(29(34)35)19(2)37-17-20-11-5-4-6-12-20)31-30(36)38-18-25-23-15-9-7-13-21(23)22-14-8-10-16-24(22)25/h4-16,19,25-27H,3,17-18H2,1-2H3,(H,31,36)(H,32,33)(H,34,35)/t19-,26+,27+/m0/s1. The van der Waals surface area contributed by atoms with Crippen molar-refractivity contribution >= 4 is 18.0 Å². The molecule has 0 saturated carbocycles. The van der Waals surface area contributed by atoms with Crippen LogP contribution in [-0.2, 0) is 25.7 Å². The Morgan fingerprint density at radius 2 is 1.45 bits per heavy atom. The summed E-state index contributed by atoms with van der Waals surface area (Å²) in [5, 5.41) is 14.8. The number of carboxylic acid groups (broad SMARTS) is 1. The molecule has 38 heavy (non-hydrogen) atoms. The summed E-state index contributed by atoms with van der Waals surface area (Å²) in [5.74, 6) is -1.96. The van der Waals surface area contributed by atoms with Gasteiger partial charge >= 0.3 is 12.1 Å². The number of benzene rings is 3. The molecule has 4 rings (SSSR count). The van der Waals surface area contributed by atoms with Crippen molar-refractivity contribution in [1.29, 1.82) is 0 Å². The molecule has 8 heteroatoms. The van der Waals surface area contributed by atoms with E-state index >= 15 is 0 Å². The predicted octanol–water partition coefficient (Wildman–Crippen LogP) is 4.48. The summed E-state index contributed by atoms with van der Waals surface area (Å²) >= 11 is 0. The van der Waals surface area contributed by atoms with Crippen LogP contribution in [-0.4, -0.2) is 47.9 Å². The van der Waals surface area contributed by atoms with Crippen LogP contribution in [0.5, 0.6) is 0 Å². The number of aliphatic carboxylic acids is 1. The summed E-state index contributed by atoms with van der Waals surface area (Å²) < 4.78 is 11.2. The lowest BCUT2D eigenvalue weighted by molar-refractivity contribution is -0.146. The topological polar surface area (TPSA) is 114 Å². The van der Waals surface area contributed by atoms with E-state index < -0.39 is 36.2 Å². The molecule has 0 radical (unpaired) electrons. The van der Waals surface area contributed by atoms with Gasteiger partial charge < -0.3 is 25.2 Å². The van der Waals surface area contributed by atoms with Crippen molar-refractivity contribution in [2.75, 3.05) is 6.61 Å². The smallest absolute Gasteiger partial charge is 0.407 e. The molecule has 3 aromatic rings. The average molecular weight is 517 g/mol. The van der Waals surface area contributed by atoms with Crippen LogP contribution in [0.3, 0.4) is 0 Å². The minimum Gasteiger partial charge on any atom is -0.480 e. The first-order chi connectivity index (χ1) is 18.4. The molecule has 0 fully saturated rings. The van der Waals surface area contributed by atoms with E-state index in [1.807, 2.05) is 66.7 Å². The van der Waals surface area contributed by atoms with E-state index in [1.165, 1.54) is 0 Å². The molecule has 0 aliphatic heterocycles. The number of rotatable bonds is 11. The van der Waals surface area contributed by atoms with E-state index in [2.05, 4.69) is 22.8 Å². The number of carbonyl (C=O) groups excluding carboxylic acids is 2. The molecule has 2 amide bonds. The summed E-state index contributed by atoms with van der Waals surface area (Å²) in [6, 6.07) is 23.1. The number of fused-ring (bicyclic) bond motifs is 3. The van der Waals surface area contributed by atoms with Gasteiger partial charge in [0.2, 0.25) is 5.91 Å². The van der Waals surface area contributed by atoms with E-state index in [9.17, 15) is 19.5 Å². The number of alkyl carbamates (subject to hydrolysis) is 1. The lowest BCUT2D eigenvalue weighted by Crippen LogP contribution is -2.55. The van der Waals surface area contributed by atoms with Crippen LogP contribution < -0.4 is 10.6 Å². The molecule has 0 aromatic heterocycles. The molecule has 0 heterocycles. The molecule has 0 saturated heterocycles. The SMILES string of the molecule is CC[C@@H](NC(=O)OCC1c2ccccc2-c2ccccc21)C(=O)N[C@@H](C(=O)O)[C@H](C)OCc1ccccc1. The maximum atomic E-state index is 12.9. The van der Waals surface area contributed by atoms with Crippen molar-refractivity contribution in [2.45, 2.75) is 51.0 Å². The molecular formula is C30H32N2O6. The van der Waals surface area contributed by atoms with Crippen LogP contribution in [0.25, 0.3) is 11.1 Å². The second-order valence-electron chi connectivity index (χ2n) is 9.26. The van der Waals surface area contributed by atoms with Gasteiger partial charge in [0.25, 0.3) is 0 Å². The molecule has 1 aliphatic carbocycles. The molecule has 0 unspecified atom stereocenters. The van der Waals surface area contributed by atoms with Gasteiger partial charge in [-0.05, 0) is 41.2 Å². The zero-order valence-electron chi connectivity index (χ0n) is 21.4.